The van der Waals surface area contributed by atoms with E-state index in [9.17, 15) is 0 Å². The highest BCUT2D eigenvalue weighted by Crippen LogP contribution is 2.36. The van der Waals surface area contributed by atoms with E-state index in [0.717, 1.165) is 10.5 Å². The zero-order chi connectivity index (χ0) is 8.93. The van der Waals surface area contributed by atoms with Crippen molar-refractivity contribution in [1.82, 2.24) is 0 Å². The quantitative estimate of drug-likeness (QED) is 0.661. The van der Waals surface area contributed by atoms with Crippen LogP contribution in [0.25, 0.3) is 0 Å². The lowest BCUT2D eigenvalue weighted by atomic mass is 10.00. The molecule has 0 amide bonds. The van der Waals surface area contributed by atoms with Gasteiger partial charge in [0.15, 0.2) is 0 Å². The number of rotatable bonds is 2. The van der Waals surface area contributed by atoms with Crippen LogP contribution >= 0.6 is 24.2 Å². The second-order valence-electron chi connectivity index (χ2n) is 4.66. The fourth-order valence-electron chi connectivity index (χ4n) is 2.67. The van der Waals surface area contributed by atoms with Crippen LogP contribution in [0.5, 0.6) is 0 Å². The van der Waals surface area contributed by atoms with E-state index in [1.807, 2.05) is 0 Å². The second kappa shape index (κ2) is 7.00. The van der Waals surface area contributed by atoms with Gasteiger partial charge >= 0.3 is 0 Å². The fraction of sp³-hybridized carbons (Fsp3) is 1.00. The summed E-state index contributed by atoms with van der Waals surface area (Å²) in [4.78, 5) is 0. The molecule has 2 rings (SSSR count). The van der Waals surface area contributed by atoms with Gasteiger partial charge in [0.2, 0.25) is 0 Å². The Morgan fingerprint density at radius 1 is 0.571 bits per heavy atom. The monoisotopic (exact) mass is 234 g/mol. The number of hydrogen-bond donors (Lipinski definition) is 0. The summed E-state index contributed by atoms with van der Waals surface area (Å²) in [6.45, 7) is 0. The summed E-state index contributed by atoms with van der Waals surface area (Å²) in [5.74, 6) is 0. The maximum Gasteiger partial charge on any atom is 0.00498 e. The Labute approximate surface area is 99.0 Å². The molecule has 0 saturated heterocycles. The van der Waals surface area contributed by atoms with Crippen LogP contribution in [-0.2, 0) is 0 Å². The predicted molar refractivity (Wildman–Crippen MR) is 68.6 cm³/mol. The highest BCUT2D eigenvalue weighted by molar-refractivity contribution is 8.00. The van der Waals surface area contributed by atoms with Gasteiger partial charge in [-0.2, -0.15) is 11.8 Å². The first-order valence-electron chi connectivity index (χ1n) is 6.10. The van der Waals surface area contributed by atoms with Crippen LogP contribution in [0.1, 0.15) is 64.2 Å². The van der Waals surface area contributed by atoms with Gasteiger partial charge in [-0.1, -0.05) is 38.5 Å². The van der Waals surface area contributed by atoms with E-state index in [0.29, 0.717) is 0 Å². The van der Waals surface area contributed by atoms with Crippen LogP contribution in [0.3, 0.4) is 0 Å². The van der Waals surface area contributed by atoms with Gasteiger partial charge in [0.05, 0.1) is 0 Å². The topological polar surface area (TPSA) is 0 Å². The maximum absolute atomic E-state index is 2.34. The molecular formula is C12H23ClS. The lowest BCUT2D eigenvalue weighted by Gasteiger charge is -2.28. The van der Waals surface area contributed by atoms with Crippen molar-refractivity contribution < 1.29 is 0 Å². The first-order chi connectivity index (χ1) is 6.45. The molecule has 0 bridgehead atoms. The molecule has 0 aliphatic heterocycles. The molecule has 2 heteroatoms. The van der Waals surface area contributed by atoms with E-state index >= 15 is 0 Å². The molecule has 0 spiro atoms. The molecule has 2 aliphatic rings. The minimum Gasteiger partial charge on any atom is -0.155 e. The summed E-state index contributed by atoms with van der Waals surface area (Å²) in [6.07, 6.45) is 15.1. The Bertz CT molecular complexity index is 121. The first kappa shape index (κ1) is 12.7. The average molecular weight is 235 g/mol. The molecule has 0 N–H and O–H groups in total. The molecule has 0 radical (unpaired) electrons. The summed E-state index contributed by atoms with van der Waals surface area (Å²) in [6, 6.07) is 0. The molecule has 14 heavy (non-hydrogen) atoms. The molecule has 2 saturated carbocycles. The van der Waals surface area contributed by atoms with E-state index in [-0.39, 0.29) is 12.4 Å². The zero-order valence-electron chi connectivity index (χ0n) is 9.04. The molecule has 2 aliphatic carbocycles. The Hall–Kier alpha value is 0.640. The molecule has 0 aromatic heterocycles. The minimum absolute atomic E-state index is 0. The van der Waals surface area contributed by atoms with Crippen LogP contribution in [0.2, 0.25) is 0 Å². The predicted octanol–water partition coefficient (Wildman–Crippen LogP) is 4.81. The van der Waals surface area contributed by atoms with Gasteiger partial charge < -0.3 is 0 Å². The second-order valence-corrected chi connectivity index (χ2v) is 6.26. The molecule has 0 unspecified atom stereocenters. The van der Waals surface area contributed by atoms with Crippen LogP contribution in [0, 0.1) is 0 Å². The Balaban J connectivity index is 0.000000980. The van der Waals surface area contributed by atoms with Crippen molar-refractivity contribution in [3.8, 4) is 0 Å². The van der Waals surface area contributed by atoms with Gasteiger partial charge in [0, 0.05) is 10.5 Å². The summed E-state index contributed by atoms with van der Waals surface area (Å²) in [5.41, 5.74) is 0. The molecule has 0 aromatic rings. The van der Waals surface area contributed by atoms with Crippen LogP contribution < -0.4 is 0 Å². The average Bonchev–Trinajstić information content (AvgIpc) is 2.21. The van der Waals surface area contributed by atoms with E-state index < -0.39 is 0 Å². The molecular weight excluding hydrogens is 212 g/mol. The van der Waals surface area contributed by atoms with E-state index in [4.69, 9.17) is 0 Å². The van der Waals surface area contributed by atoms with Crippen molar-refractivity contribution in [2.75, 3.05) is 0 Å². The summed E-state index contributed by atoms with van der Waals surface area (Å²) in [5, 5.41) is 2.08. The first-order valence-corrected chi connectivity index (χ1v) is 7.05. The summed E-state index contributed by atoms with van der Waals surface area (Å²) in [7, 11) is 0. The SMILES string of the molecule is C1CCC(SC2CCCCC2)CC1.Cl. The third-order valence-corrected chi connectivity index (χ3v) is 5.20. The summed E-state index contributed by atoms with van der Waals surface area (Å²) >= 11 is 2.34. The van der Waals surface area contributed by atoms with E-state index in [1.54, 1.807) is 0 Å². The number of halogens is 1. The smallest absolute Gasteiger partial charge is 0.00498 e. The minimum atomic E-state index is 0. The van der Waals surface area contributed by atoms with E-state index in [2.05, 4.69) is 11.8 Å². The highest BCUT2D eigenvalue weighted by atomic mass is 35.5. The van der Waals surface area contributed by atoms with Gasteiger partial charge in [-0.3, -0.25) is 0 Å². The van der Waals surface area contributed by atoms with Crippen molar-refractivity contribution in [3.05, 3.63) is 0 Å². The maximum atomic E-state index is 2.34. The molecule has 0 aromatic carbocycles. The molecule has 0 heterocycles. The van der Waals surface area contributed by atoms with Crippen molar-refractivity contribution in [3.63, 3.8) is 0 Å². The van der Waals surface area contributed by atoms with Crippen molar-refractivity contribution >= 4 is 24.2 Å². The zero-order valence-corrected chi connectivity index (χ0v) is 10.7. The van der Waals surface area contributed by atoms with Gasteiger partial charge in [-0.05, 0) is 25.7 Å². The lowest BCUT2D eigenvalue weighted by molar-refractivity contribution is 0.495. The fourth-order valence-corrected chi connectivity index (χ4v) is 4.43. The Morgan fingerprint density at radius 3 is 1.29 bits per heavy atom. The van der Waals surface area contributed by atoms with Crippen LogP contribution in [-0.4, -0.2) is 10.5 Å². The van der Waals surface area contributed by atoms with Crippen LogP contribution in [0.4, 0.5) is 0 Å². The Morgan fingerprint density at radius 2 is 0.929 bits per heavy atom. The van der Waals surface area contributed by atoms with Gasteiger partial charge in [-0.25, -0.2) is 0 Å². The standard InChI is InChI=1S/C12H22S.ClH/c1-3-7-11(8-4-1)13-12-9-5-2-6-10-12;/h11-12H,1-10H2;1H. The summed E-state index contributed by atoms with van der Waals surface area (Å²) < 4.78 is 0. The third kappa shape index (κ3) is 4.02. The third-order valence-electron chi connectivity index (χ3n) is 3.49. The highest BCUT2D eigenvalue weighted by Gasteiger charge is 2.20. The largest absolute Gasteiger partial charge is 0.155 e. The molecule has 2 fully saturated rings. The van der Waals surface area contributed by atoms with Gasteiger partial charge in [0.25, 0.3) is 0 Å². The molecule has 0 atom stereocenters. The van der Waals surface area contributed by atoms with E-state index in [1.165, 1.54) is 64.2 Å². The Kier molecular flexibility index (Phi) is 6.36. The molecule has 0 nitrogen and oxygen atoms in total. The van der Waals surface area contributed by atoms with Crippen molar-refractivity contribution in [1.29, 1.82) is 0 Å². The number of thioether (sulfide) groups is 1. The van der Waals surface area contributed by atoms with Crippen molar-refractivity contribution in [2.24, 2.45) is 0 Å². The van der Waals surface area contributed by atoms with Crippen LogP contribution in [0.15, 0.2) is 0 Å². The van der Waals surface area contributed by atoms with Gasteiger partial charge in [-0.15, -0.1) is 12.4 Å². The lowest BCUT2D eigenvalue weighted by Crippen LogP contribution is -2.16. The van der Waals surface area contributed by atoms with Crippen molar-refractivity contribution in [2.45, 2.75) is 74.7 Å². The number of hydrogen-bond acceptors (Lipinski definition) is 1. The normalized spacial score (nSPS) is 25.7. The molecule has 84 valence electrons. The van der Waals surface area contributed by atoms with Gasteiger partial charge in [0.1, 0.15) is 0 Å².